The van der Waals surface area contributed by atoms with Gasteiger partial charge in [0.05, 0.1) is 42.3 Å². The summed E-state index contributed by atoms with van der Waals surface area (Å²) in [6, 6.07) is 15.4. The summed E-state index contributed by atoms with van der Waals surface area (Å²) in [5.74, 6) is 1.22. The number of hydrogen-bond donors (Lipinski definition) is 0. The molecule has 0 aromatic heterocycles. The first-order valence-electron chi connectivity index (χ1n) is 14.5. The van der Waals surface area contributed by atoms with Gasteiger partial charge in [0.2, 0.25) is 0 Å². The highest BCUT2D eigenvalue weighted by Crippen LogP contribution is 2.31. The molecule has 42 heavy (non-hydrogen) atoms. The van der Waals surface area contributed by atoms with Crippen molar-refractivity contribution in [1.29, 1.82) is 0 Å². The van der Waals surface area contributed by atoms with Crippen LogP contribution in [0.4, 0.5) is 21.0 Å². The minimum absolute atomic E-state index is 0. The van der Waals surface area contributed by atoms with Crippen molar-refractivity contribution in [2.75, 3.05) is 69.5 Å². The highest BCUT2D eigenvalue weighted by atomic mass is 79.9. The van der Waals surface area contributed by atoms with Crippen LogP contribution in [0.15, 0.2) is 48.5 Å². The molecule has 0 N–H and O–H groups in total. The molecule has 2 rings (SSSR count). The fourth-order valence-corrected chi connectivity index (χ4v) is 4.48. The Morgan fingerprint density at radius 2 is 0.833 bits per heavy atom. The number of quaternary nitrogens is 2. The molecule has 0 unspecified atom stereocenters. The monoisotopic (exact) mass is 714 g/mol. The van der Waals surface area contributed by atoms with Crippen molar-refractivity contribution in [1.82, 2.24) is 18.8 Å². The van der Waals surface area contributed by atoms with Gasteiger partial charge in [0, 0.05) is 39.3 Å². The van der Waals surface area contributed by atoms with Crippen molar-refractivity contribution < 1.29 is 53.0 Å². The van der Waals surface area contributed by atoms with E-state index in [1.54, 1.807) is 23.9 Å². The number of hydrogen-bond acceptors (Lipinski definition) is 4. The minimum Gasteiger partial charge on any atom is -1.00 e. The van der Waals surface area contributed by atoms with Gasteiger partial charge >= 0.3 is 12.2 Å². The number of benzene rings is 2. The predicted octanol–water partition coefficient (Wildman–Crippen LogP) is 0.770. The standard InChI is InChI=1S/C32H52N4O4.2BrH/c1-33(31(37)39-29-23-17-15-21-27(29)35(3,4)5)25-19-13-11-9-10-12-14-20-26-34(2)32(38)40-30-24-18-16-22-28(30)36(6,7)8;;/h15-18,21-24H,9-14,19-20,25-26H2,1-8H3;2*1H/q+2;;/p-2. The van der Waals surface area contributed by atoms with Crippen molar-refractivity contribution in [3.63, 3.8) is 0 Å². The third-order valence-corrected chi connectivity index (χ3v) is 6.93. The lowest BCUT2D eigenvalue weighted by Gasteiger charge is -2.26. The molecule has 0 atom stereocenters. The molecule has 0 heterocycles. The normalized spacial score (nSPS) is 11.1. The van der Waals surface area contributed by atoms with Crippen molar-refractivity contribution in [2.24, 2.45) is 0 Å². The van der Waals surface area contributed by atoms with Gasteiger partial charge in [0.25, 0.3) is 0 Å². The molecule has 2 aromatic rings. The lowest BCUT2D eigenvalue weighted by molar-refractivity contribution is -0.00100. The Bertz CT molecular complexity index is 1000. The third-order valence-electron chi connectivity index (χ3n) is 6.93. The summed E-state index contributed by atoms with van der Waals surface area (Å²) in [6.45, 7) is 1.38. The summed E-state index contributed by atoms with van der Waals surface area (Å²) < 4.78 is 12.5. The van der Waals surface area contributed by atoms with Gasteiger partial charge in [-0.25, -0.2) is 9.59 Å². The molecule has 2 amide bonds. The molecular formula is C32H52Br2N4O4. The number of unbranched alkanes of at least 4 members (excludes halogenated alkanes) is 7. The maximum absolute atomic E-state index is 12.6. The fourth-order valence-electron chi connectivity index (χ4n) is 4.48. The second kappa shape index (κ2) is 19.2. The van der Waals surface area contributed by atoms with Crippen LogP contribution >= 0.6 is 0 Å². The van der Waals surface area contributed by atoms with Crippen LogP contribution in [0.3, 0.4) is 0 Å². The first kappa shape index (κ1) is 39.9. The minimum atomic E-state index is -0.313. The maximum atomic E-state index is 12.6. The largest absolute Gasteiger partial charge is 1.00 e. The van der Waals surface area contributed by atoms with Gasteiger partial charge in [0.1, 0.15) is 0 Å². The van der Waals surface area contributed by atoms with Crippen LogP contribution < -0.4 is 52.4 Å². The second-order valence-electron chi connectivity index (χ2n) is 12.4. The first-order valence-corrected chi connectivity index (χ1v) is 14.5. The van der Waals surface area contributed by atoms with E-state index in [-0.39, 0.29) is 46.1 Å². The van der Waals surface area contributed by atoms with Gasteiger partial charge < -0.3 is 53.2 Å². The maximum Gasteiger partial charge on any atom is 0.415 e. The van der Waals surface area contributed by atoms with Gasteiger partial charge in [-0.1, -0.05) is 62.8 Å². The zero-order chi connectivity index (χ0) is 29.8. The van der Waals surface area contributed by atoms with Crippen molar-refractivity contribution >= 4 is 23.6 Å². The molecule has 0 saturated heterocycles. The average molecular weight is 717 g/mol. The van der Waals surface area contributed by atoms with Crippen LogP contribution in [-0.4, -0.2) is 91.5 Å². The van der Waals surface area contributed by atoms with E-state index in [0.29, 0.717) is 33.6 Å². The Hall–Kier alpha value is -2.14. The summed E-state index contributed by atoms with van der Waals surface area (Å²) in [5.41, 5.74) is 1.94. The van der Waals surface area contributed by atoms with E-state index >= 15 is 0 Å². The Kier molecular flexibility index (Phi) is 18.2. The average Bonchev–Trinajstić information content (AvgIpc) is 2.88. The highest BCUT2D eigenvalue weighted by molar-refractivity contribution is 5.73. The van der Waals surface area contributed by atoms with E-state index in [4.69, 9.17) is 9.47 Å². The summed E-state index contributed by atoms with van der Waals surface area (Å²) >= 11 is 0. The molecule has 0 fully saturated rings. The SMILES string of the molecule is CN(CCCCCCCCCCN(C)C(=O)Oc1ccccc1[N+](C)(C)C)C(=O)Oc1ccccc1[N+](C)(C)C.[Br-].[Br-]. The topological polar surface area (TPSA) is 59.1 Å². The van der Waals surface area contributed by atoms with Gasteiger partial charge in [0.15, 0.2) is 22.9 Å². The van der Waals surface area contributed by atoms with Gasteiger partial charge in [-0.15, -0.1) is 0 Å². The molecule has 8 nitrogen and oxygen atoms in total. The lowest BCUT2D eigenvalue weighted by Crippen LogP contribution is -3.00. The second-order valence-corrected chi connectivity index (χ2v) is 12.4. The van der Waals surface area contributed by atoms with Gasteiger partial charge in [-0.3, -0.25) is 8.97 Å². The number of para-hydroxylation sites is 4. The summed E-state index contributed by atoms with van der Waals surface area (Å²) in [6.07, 6.45) is 8.18. The van der Waals surface area contributed by atoms with E-state index in [1.807, 2.05) is 48.5 Å². The van der Waals surface area contributed by atoms with Crippen molar-refractivity contribution in [3.05, 3.63) is 48.5 Å². The predicted molar refractivity (Wildman–Crippen MR) is 166 cm³/mol. The number of nitrogens with zero attached hydrogens (tertiary/aromatic N) is 4. The molecule has 0 saturated carbocycles. The van der Waals surface area contributed by atoms with Crippen molar-refractivity contribution in [2.45, 2.75) is 51.4 Å². The number of carbonyl (C=O) groups is 2. The van der Waals surface area contributed by atoms with E-state index < -0.39 is 0 Å². The molecule has 0 bridgehead atoms. The molecule has 0 radical (unpaired) electrons. The van der Waals surface area contributed by atoms with E-state index in [2.05, 4.69) is 42.3 Å². The molecule has 238 valence electrons. The smallest absolute Gasteiger partial charge is 0.415 e. The zero-order valence-electron chi connectivity index (χ0n) is 26.9. The molecular weight excluding hydrogens is 664 g/mol. The van der Waals surface area contributed by atoms with Crippen LogP contribution in [0.5, 0.6) is 11.5 Å². The van der Waals surface area contributed by atoms with Gasteiger partial charge in [-0.05, 0) is 25.0 Å². The van der Waals surface area contributed by atoms with Crippen LogP contribution in [0.25, 0.3) is 0 Å². The number of rotatable bonds is 15. The first-order chi connectivity index (χ1) is 18.8. The zero-order valence-corrected chi connectivity index (χ0v) is 30.0. The lowest BCUT2D eigenvalue weighted by atomic mass is 10.1. The summed E-state index contributed by atoms with van der Waals surface area (Å²) in [5, 5.41) is 0. The molecule has 0 aliphatic heterocycles. The van der Waals surface area contributed by atoms with Crippen molar-refractivity contribution in [3.8, 4) is 11.5 Å². The van der Waals surface area contributed by atoms with E-state index in [9.17, 15) is 9.59 Å². The fraction of sp³-hybridized carbons (Fsp3) is 0.562. The van der Waals surface area contributed by atoms with E-state index in [1.165, 1.54) is 12.8 Å². The molecule has 2 aromatic carbocycles. The van der Waals surface area contributed by atoms with Crippen LogP contribution in [0.2, 0.25) is 0 Å². The third kappa shape index (κ3) is 13.9. The Labute approximate surface area is 275 Å². The number of amides is 2. The van der Waals surface area contributed by atoms with Crippen LogP contribution in [0.1, 0.15) is 51.4 Å². The molecule has 10 heteroatoms. The molecule has 0 aliphatic rings. The van der Waals surface area contributed by atoms with Gasteiger partial charge in [-0.2, -0.15) is 0 Å². The molecule has 0 aliphatic carbocycles. The Morgan fingerprint density at radius 3 is 1.14 bits per heavy atom. The van der Waals surface area contributed by atoms with E-state index in [0.717, 1.165) is 49.9 Å². The molecule has 0 spiro atoms. The summed E-state index contributed by atoms with van der Waals surface area (Å²) in [4.78, 5) is 28.4. The number of carbonyl (C=O) groups excluding carboxylic acids is 2. The summed E-state index contributed by atoms with van der Waals surface area (Å²) in [7, 11) is 15.9. The Balaban J connectivity index is 0.00000840. The quantitative estimate of drug-likeness (QED) is 0.202. The van der Waals surface area contributed by atoms with Crippen LogP contribution in [-0.2, 0) is 0 Å². The number of halogens is 2. The highest BCUT2D eigenvalue weighted by Gasteiger charge is 2.22. The number of ether oxygens (including phenoxy) is 2. The van der Waals surface area contributed by atoms with Crippen LogP contribution in [0, 0.1) is 0 Å². The Morgan fingerprint density at radius 1 is 0.548 bits per heavy atom.